The molecule has 1 rings (SSSR count). The van der Waals surface area contributed by atoms with Crippen molar-refractivity contribution in [3.8, 4) is 0 Å². The second-order valence-electron chi connectivity index (χ2n) is 2.02. The van der Waals surface area contributed by atoms with E-state index in [-0.39, 0.29) is 11.5 Å². The summed E-state index contributed by atoms with van der Waals surface area (Å²) in [6.45, 7) is 1.28. The van der Waals surface area contributed by atoms with Crippen LogP contribution in [0.3, 0.4) is 0 Å². The van der Waals surface area contributed by atoms with Gasteiger partial charge in [0.25, 0.3) is 0 Å². The van der Waals surface area contributed by atoms with Gasteiger partial charge in [0.1, 0.15) is 0 Å². The first-order chi connectivity index (χ1) is 4.24. The van der Waals surface area contributed by atoms with E-state index in [0.717, 1.165) is 0 Å². The molecule has 0 aromatic heterocycles. The molecule has 0 aromatic carbocycles. The maximum atomic E-state index is 10.3. The maximum absolute atomic E-state index is 10.3. The number of hydrogen-bond acceptors (Lipinski definition) is 2. The number of hydrogen-bond donors (Lipinski definition) is 0. The minimum absolute atomic E-state index is 0.202. The van der Waals surface area contributed by atoms with Crippen LogP contribution in [0, 0.1) is 0 Å². The first kappa shape index (κ1) is 6.83. The highest BCUT2D eigenvalue weighted by atomic mass is 35.5. The summed E-state index contributed by atoms with van der Waals surface area (Å²) in [5.41, 5.74) is 0. The highest BCUT2D eigenvalue weighted by Gasteiger charge is 2.28. The molecule has 1 heterocycles. The number of rotatable bonds is 1. The smallest absolute Gasteiger partial charge is 0.316 e. The average molecular weight is 150 g/mol. The Morgan fingerprint density at radius 2 is 2.33 bits per heavy atom. The quantitative estimate of drug-likeness (QED) is 0.405. The molecular formula is C5H8ClNO2. The van der Waals surface area contributed by atoms with Crippen LogP contribution in [0.25, 0.3) is 0 Å². The van der Waals surface area contributed by atoms with Crippen LogP contribution in [0.15, 0.2) is 0 Å². The monoisotopic (exact) mass is 149 g/mol. The second kappa shape index (κ2) is 2.54. The number of likely N-dealkylation sites (tertiary alicyclic amines) is 1. The second-order valence-corrected chi connectivity index (χ2v) is 2.34. The number of ether oxygens (including phenoxy) is 1. The molecule has 1 aliphatic heterocycles. The van der Waals surface area contributed by atoms with Crippen LogP contribution in [0.5, 0.6) is 0 Å². The molecule has 0 aliphatic carbocycles. The van der Waals surface area contributed by atoms with Crippen molar-refractivity contribution in [3.63, 3.8) is 0 Å². The maximum Gasteiger partial charge on any atom is 0.316 e. The first-order valence-electron chi connectivity index (χ1n) is 2.71. The topological polar surface area (TPSA) is 29.5 Å². The van der Waals surface area contributed by atoms with Crippen LogP contribution < -0.4 is 0 Å². The van der Waals surface area contributed by atoms with E-state index < -0.39 is 0 Å². The van der Waals surface area contributed by atoms with Crippen molar-refractivity contribution in [1.82, 2.24) is 4.90 Å². The predicted molar refractivity (Wildman–Crippen MR) is 33.6 cm³/mol. The number of carbonyl (C=O) groups is 1. The molecule has 0 bridgehead atoms. The fourth-order valence-electron chi connectivity index (χ4n) is 0.731. The van der Waals surface area contributed by atoms with Crippen molar-refractivity contribution < 1.29 is 9.53 Å². The van der Waals surface area contributed by atoms with E-state index in [1.165, 1.54) is 4.90 Å². The molecule has 0 saturated carbocycles. The summed E-state index contributed by atoms with van der Waals surface area (Å²) in [5.74, 6) is 0. The molecule has 0 radical (unpaired) electrons. The number of methoxy groups -OCH3 is 1. The van der Waals surface area contributed by atoms with Gasteiger partial charge in [-0.05, 0) is 11.6 Å². The Labute approximate surface area is 58.5 Å². The zero-order valence-electron chi connectivity index (χ0n) is 5.13. The molecule has 0 unspecified atom stereocenters. The van der Waals surface area contributed by atoms with Gasteiger partial charge >= 0.3 is 5.37 Å². The summed E-state index contributed by atoms with van der Waals surface area (Å²) in [6.07, 6.45) is 0.202. The SMILES string of the molecule is COC1CN(C(=O)Cl)C1. The van der Waals surface area contributed by atoms with Gasteiger partial charge in [-0.3, -0.25) is 4.79 Å². The van der Waals surface area contributed by atoms with E-state index in [4.69, 9.17) is 16.3 Å². The van der Waals surface area contributed by atoms with E-state index in [1.54, 1.807) is 7.11 Å². The molecule has 0 atom stereocenters. The third-order valence-electron chi connectivity index (χ3n) is 1.43. The summed E-state index contributed by atoms with van der Waals surface area (Å²) in [5, 5.41) is -0.386. The molecule has 3 nitrogen and oxygen atoms in total. The van der Waals surface area contributed by atoms with Crippen molar-refractivity contribution in [1.29, 1.82) is 0 Å². The lowest BCUT2D eigenvalue weighted by molar-refractivity contribution is -0.00223. The summed E-state index contributed by atoms with van der Waals surface area (Å²) in [7, 11) is 1.63. The van der Waals surface area contributed by atoms with E-state index in [1.807, 2.05) is 0 Å². The zero-order chi connectivity index (χ0) is 6.85. The summed E-state index contributed by atoms with van der Waals surface area (Å²) in [6, 6.07) is 0. The lowest BCUT2D eigenvalue weighted by atomic mass is 10.2. The molecule has 1 aliphatic rings. The Balaban J connectivity index is 2.19. The van der Waals surface area contributed by atoms with Crippen LogP contribution in [0.2, 0.25) is 0 Å². The number of amides is 1. The van der Waals surface area contributed by atoms with Crippen molar-refractivity contribution >= 4 is 17.0 Å². The number of halogens is 1. The van der Waals surface area contributed by atoms with E-state index in [9.17, 15) is 4.79 Å². The molecule has 0 spiro atoms. The van der Waals surface area contributed by atoms with Crippen LogP contribution in [0.4, 0.5) is 4.79 Å². The number of carbonyl (C=O) groups excluding carboxylic acids is 1. The van der Waals surface area contributed by atoms with Gasteiger partial charge in [-0.15, -0.1) is 0 Å². The molecule has 4 heteroatoms. The first-order valence-corrected chi connectivity index (χ1v) is 3.09. The van der Waals surface area contributed by atoms with E-state index in [2.05, 4.69) is 0 Å². The molecule has 0 aromatic rings. The van der Waals surface area contributed by atoms with Gasteiger partial charge in [0, 0.05) is 20.2 Å². The lowest BCUT2D eigenvalue weighted by Gasteiger charge is -2.36. The van der Waals surface area contributed by atoms with Crippen molar-refractivity contribution in [2.24, 2.45) is 0 Å². The molecule has 9 heavy (non-hydrogen) atoms. The van der Waals surface area contributed by atoms with Gasteiger partial charge < -0.3 is 9.64 Å². The fourth-order valence-corrected chi connectivity index (χ4v) is 0.869. The van der Waals surface area contributed by atoms with Gasteiger partial charge in [-0.2, -0.15) is 0 Å². The third-order valence-corrected chi connectivity index (χ3v) is 1.67. The Morgan fingerprint density at radius 3 is 2.67 bits per heavy atom. The van der Waals surface area contributed by atoms with Crippen LogP contribution >= 0.6 is 11.6 Å². The van der Waals surface area contributed by atoms with Crippen LogP contribution in [-0.2, 0) is 4.74 Å². The van der Waals surface area contributed by atoms with Gasteiger partial charge in [0.15, 0.2) is 0 Å². The zero-order valence-corrected chi connectivity index (χ0v) is 5.89. The molecule has 1 amide bonds. The van der Waals surface area contributed by atoms with Gasteiger partial charge in [-0.25, -0.2) is 0 Å². The molecule has 1 saturated heterocycles. The highest BCUT2D eigenvalue weighted by molar-refractivity contribution is 6.62. The summed E-state index contributed by atoms with van der Waals surface area (Å²) >= 11 is 5.13. The normalized spacial score (nSPS) is 19.6. The fraction of sp³-hybridized carbons (Fsp3) is 0.800. The minimum Gasteiger partial charge on any atom is -0.378 e. The Morgan fingerprint density at radius 1 is 1.78 bits per heavy atom. The number of nitrogens with zero attached hydrogens (tertiary/aromatic N) is 1. The van der Waals surface area contributed by atoms with Gasteiger partial charge in [0.05, 0.1) is 6.10 Å². The Kier molecular flexibility index (Phi) is 1.93. The van der Waals surface area contributed by atoms with E-state index >= 15 is 0 Å². The van der Waals surface area contributed by atoms with Crippen molar-refractivity contribution in [2.45, 2.75) is 6.10 Å². The van der Waals surface area contributed by atoms with E-state index in [0.29, 0.717) is 13.1 Å². The van der Waals surface area contributed by atoms with Crippen LogP contribution in [-0.4, -0.2) is 36.6 Å². The van der Waals surface area contributed by atoms with Gasteiger partial charge in [-0.1, -0.05) is 0 Å². The summed E-state index contributed by atoms with van der Waals surface area (Å²) in [4.78, 5) is 11.8. The van der Waals surface area contributed by atoms with Crippen molar-refractivity contribution in [2.75, 3.05) is 20.2 Å². The Bertz CT molecular complexity index is 122. The molecule has 1 fully saturated rings. The highest BCUT2D eigenvalue weighted by Crippen LogP contribution is 2.12. The van der Waals surface area contributed by atoms with Gasteiger partial charge in [0.2, 0.25) is 0 Å². The molecule has 52 valence electrons. The lowest BCUT2D eigenvalue weighted by Crippen LogP contribution is -2.52. The minimum atomic E-state index is -0.386. The predicted octanol–water partition coefficient (Wildman–Crippen LogP) is 0.676. The van der Waals surface area contributed by atoms with Crippen molar-refractivity contribution in [3.05, 3.63) is 0 Å². The van der Waals surface area contributed by atoms with Crippen LogP contribution in [0.1, 0.15) is 0 Å². The summed E-state index contributed by atoms with van der Waals surface area (Å²) < 4.78 is 4.91. The standard InChI is InChI=1S/C5H8ClNO2/c1-9-4-2-7(3-4)5(6)8/h4H,2-3H2,1H3. The average Bonchev–Trinajstić information content (AvgIpc) is 1.61. The largest absolute Gasteiger partial charge is 0.378 e. The Hall–Kier alpha value is -0.280. The third kappa shape index (κ3) is 1.34. The molecular weight excluding hydrogens is 142 g/mol. The molecule has 0 N–H and O–H groups in total.